The number of nitrogens with two attached hydrogens (primary N) is 2. The van der Waals surface area contributed by atoms with E-state index in [1.807, 2.05) is 0 Å². The smallest absolute Gasteiger partial charge is 0.0550 e. The molecule has 0 saturated heterocycles. The summed E-state index contributed by atoms with van der Waals surface area (Å²) in [6.45, 7) is 4.75. The quantitative estimate of drug-likeness (QED) is 0.655. The van der Waals surface area contributed by atoms with E-state index in [1.165, 1.54) is 36.8 Å². The van der Waals surface area contributed by atoms with Crippen LogP contribution in [0.25, 0.3) is 0 Å². The maximum absolute atomic E-state index is 5.95. The Bertz CT molecular complexity index is 411. The molecule has 16 heavy (non-hydrogen) atoms. The van der Waals surface area contributed by atoms with Crippen molar-refractivity contribution >= 4 is 11.4 Å². The number of benzene rings is 1. The number of fused-ring (bicyclic) bond motifs is 2. The first-order valence-corrected chi connectivity index (χ1v) is 6.15. The molecule has 2 bridgehead atoms. The van der Waals surface area contributed by atoms with E-state index >= 15 is 0 Å². The van der Waals surface area contributed by atoms with Crippen molar-refractivity contribution in [2.75, 3.05) is 11.5 Å². The summed E-state index contributed by atoms with van der Waals surface area (Å²) in [6.07, 6.45) is 5.17. The topological polar surface area (TPSA) is 52.0 Å². The van der Waals surface area contributed by atoms with Crippen LogP contribution < -0.4 is 11.5 Å². The second-order valence-corrected chi connectivity index (χ2v) is 6.15. The molecule has 3 aliphatic rings. The van der Waals surface area contributed by atoms with E-state index in [-0.39, 0.29) is 0 Å². The summed E-state index contributed by atoms with van der Waals surface area (Å²) < 4.78 is 0. The van der Waals surface area contributed by atoms with Gasteiger partial charge in [-0.15, -0.1) is 0 Å². The van der Waals surface area contributed by atoms with Crippen molar-refractivity contribution in [1.29, 1.82) is 0 Å². The van der Waals surface area contributed by atoms with E-state index in [0.29, 0.717) is 10.8 Å². The SMILES string of the molecule is CC12CCC(C)(CC1)c1cc(N)c(N)cc12. The monoisotopic (exact) mass is 216 g/mol. The molecule has 0 spiro atoms. The Hall–Kier alpha value is -1.18. The van der Waals surface area contributed by atoms with Crippen LogP contribution >= 0.6 is 0 Å². The lowest BCUT2D eigenvalue weighted by Gasteiger charge is -2.52. The fraction of sp³-hybridized carbons (Fsp3) is 0.571. The number of hydrogen-bond acceptors (Lipinski definition) is 2. The highest BCUT2D eigenvalue weighted by Gasteiger charge is 2.47. The highest BCUT2D eigenvalue weighted by atomic mass is 14.7. The number of nitrogen functional groups attached to an aromatic ring is 2. The Morgan fingerprint density at radius 2 is 1.12 bits per heavy atom. The van der Waals surface area contributed by atoms with Crippen molar-refractivity contribution in [3.8, 4) is 0 Å². The molecule has 0 heterocycles. The van der Waals surface area contributed by atoms with Gasteiger partial charge in [0.25, 0.3) is 0 Å². The van der Waals surface area contributed by atoms with Crippen LogP contribution in [0.4, 0.5) is 11.4 Å². The van der Waals surface area contributed by atoms with E-state index in [1.54, 1.807) is 0 Å². The first-order valence-electron chi connectivity index (χ1n) is 6.15. The summed E-state index contributed by atoms with van der Waals surface area (Å²) in [5.41, 5.74) is 17.0. The van der Waals surface area contributed by atoms with Crippen molar-refractivity contribution in [2.24, 2.45) is 0 Å². The summed E-state index contributed by atoms with van der Waals surface area (Å²) in [5.74, 6) is 0. The van der Waals surface area contributed by atoms with Gasteiger partial charge >= 0.3 is 0 Å². The average molecular weight is 216 g/mol. The minimum Gasteiger partial charge on any atom is -0.397 e. The van der Waals surface area contributed by atoms with Gasteiger partial charge in [0.1, 0.15) is 0 Å². The Kier molecular flexibility index (Phi) is 1.71. The van der Waals surface area contributed by atoms with Gasteiger partial charge in [-0.3, -0.25) is 0 Å². The van der Waals surface area contributed by atoms with Crippen molar-refractivity contribution in [2.45, 2.75) is 50.4 Å². The van der Waals surface area contributed by atoms with Gasteiger partial charge in [0.05, 0.1) is 11.4 Å². The molecule has 0 radical (unpaired) electrons. The molecule has 2 heteroatoms. The fourth-order valence-corrected chi connectivity index (χ4v) is 3.52. The van der Waals surface area contributed by atoms with Crippen LogP contribution in [0, 0.1) is 0 Å². The maximum Gasteiger partial charge on any atom is 0.0550 e. The molecule has 0 aromatic heterocycles. The van der Waals surface area contributed by atoms with Gasteiger partial charge in [-0.05, 0) is 59.8 Å². The van der Waals surface area contributed by atoms with Gasteiger partial charge in [0.2, 0.25) is 0 Å². The first-order chi connectivity index (χ1) is 7.45. The molecule has 1 fully saturated rings. The molecule has 0 atom stereocenters. The zero-order chi connectivity index (χ0) is 11.6. The highest BCUT2D eigenvalue weighted by Crippen LogP contribution is 2.56. The van der Waals surface area contributed by atoms with Crippen molar-refractivity contribution in [3.63, 3.8) is 0 Å². The number of anilines is 2. The van der Waals surface area contributed by atoms with Crippen LogP contribution in [-0.2, 0) is 10.8 Å². The molecular weight excluding hydrogens is 196 g/mol. The summed E-state index contributed by atoms with van der Waals surface area (Å²) >= 11 is 0. The van der Waals surface area contributed by atoms with Crippen LogP contribution in [0.15, 0.2) is 12.1 Å². The van der Waals surface area contributed by atoms with Gasteiger partial charge in [0.15, 0.2) is 0 Å². The van der Waals surface area contributed by atoms with Crippen LogP contribution in [-0.4, -0.2) is 0 Å². The van der Waals surface area contributed by atoms with Crippen LogP contribution in [0.2, 0.25) is 0 Å². The standard InChI is InChI=1S/C14H20N2/c1-13-3-5-14(2,6-4-13)10-8-12(16)11(15)7-9(10)13/h7-8H,3-6,15-16H2,1-2H3. The van der Waals surface area contributed by atoms with Gasteiger partial charge in [0, 0.05) is 0 Å². The van der Waals surface area contributed by atoms with E-state index in [0.717, 1.165) is 11.4 Å². The van der Waals surface area contributed by atoms with Crippen molar-refractivity contribution in [1.82, 2.24) is 0 Å². The third kappa shape index (κ3) is 1.07. The van der Waals surface area contributed by atoms with Crippen molar-refractivity contribution < 1.29 is 0 Å². The summed E-state index contributed by atoms with van der Waals surface area (Å²) in [7, 11) is 0. The lowest BCUT2D eigenvalue weighted by atomic mass is 9.52. The number of rotatable bonds is 0. The van der Waals surface area contributed by atoms with E-state index < -0.39 is 0 Å². The summed E-state index contributed by atoms with van der Waals surface area (Å²) in [5, 5.41) is 0. The molecule has 1 aromatic rings. The lowest BCUT2D eigenvalue weighted by Crippen LogP contribution is -2.44. The third-order valence-corrected chi connectivity index (χ3v) is 4.98. The van der Waals surface area contributed by atoms with Gasteiger partial charge in [-0.25, -0.2) is 0 Å². The normalized spacial score (nSPS) is 36.1. The van der Waals surface area contributed by atoms with Crippen LogP contribution in [0.3, 0.4) is 0 Å². The minimum atomic E-state index is 0.342. The molecular formula is C14H20N2. The average Bonchev–Trinajstić information content (AvgIpc) is 2.24. The van der Waals surface area contributed by atoms with E-state index in [9.17, 15) is 0 Å². The molecule has 4 N–H and O–H groups in total. The zero-order valence-corrected chi connectivity index (χ0v) is 10.1. The summed E-state index contributed by atoms with van der Waals surface area (Å²) in [4.78, 5) is 0. The first kappa shape index (κ1) is 10.0. The summed E-state index contributed by atoms with van der Waals surface area (Å²) in [6, 6.07) is 4.25. The fourth-order valence-electron chi connectivity index (χ4n) is 3.52. The zero-order valence-electron chi connectivity index (χ0n) is 10.1. The molecule has 2 nitrogen and oxygen atoms in total. The second kappa shape index (κ2) is 2.73. The molecule has 0 aliphatic heterocycles. The molecule has 1 saturated carbocycles. The molecule has 3 aliphatic carbocycles. The number of hydrogen-bond donors (Lipinski definition) is 2. The van der Waals surface area contributed by atoms with Gasteiger partial charge in [-0.1, -0.05) is 13.8 Å². The minimum absolute atomic E-state index is 0.342. The van der Waals surface area contributed by atoms with Crippen LogP contribution in [0.5, 0.6) is 0 Å². The Morgan fingerprint density at radius 1 is 0.812 bits per heavy atom. The molecule has 0 unspecified atom stereocenters. The van der Waals surface area contributed by atoms with Gasteiger partial charge in [-0.2, -0.15) is 0 Å². The predicted octanol–water partition coefficient (Wildman–Crippen LogP) is 2.95. The largest absolute Gasteiger partial charge is 0.397 e. The molecule has 1 aromatic carbocycles. The predicted molar refractivity (Wildman–Crippen MR) is 68.4 cm³/mol. The van der Waals surface area contributed by atoms with Gasteiger partial charge < -0.3 is 11.5 Å². The lowest BCUT2D eigenvalue weighted by molar-refractivity contribution is 0.188. The van der Waals surface area contributed by atoms with Crippen molar-refractivity contribution in [3.05, 3.63) is 23.3 Å². The molecule has 0 amide bonds. The molecule has 86 valence electrons. The second-order valence-electron chi connectivity index (χ2n) is 6.15. The Morgan fingerprint density at radius 3 is 1.44 bits per heavy atom. The van der Waals surface area contributed by atoms with E-state index in [2.05, 4.69) is 26.0 Å². The molecule has 4 rings (SSSR count). The highest BCUT2D eigenvalue weighted by molar-refractivity contribution is 5.68. The third-order valence-electron chi connectivity index (χ3n) is 4.98. The Balaban J connectivity index is 2.30. The Labute approximate surface area is 97.0 Å². The maximum atomic E-state index is 5.95. The van der Waals surface area contributed by atoms with Crippen LogP contribution in [0.1, 0.15) is 50.7 Å². The van der Waals surface area contributed by atoms with E-state index in [4.69, 9.17) is 11.5 Å².